The second-order valence-corrected chi connectivity index (χ2v) is 12.6. The van der Waals surface area contributed by atoms with Crippen molar-refractivity contribution in [3.05, 3.63) is 0 Å². The van der Waals surface area contributed by atoms with Crippen molar-refractivity contribution in [1.82, 2.24) is 10.6 Å². The summed E-state index contributed by atoms with van der Waals surface area (Å²) in [4.78, 5) is 24.6. The van der Waals surface area contributed by atoms with E-state index in [9.17, 15) is 65.8 Å². The van der Waals surface area contributed by atoms with Gasteiger partial charge in [-0.1, -0.05) is 0 Å². The molecule has 0 aliphatic carbocycles. The fourth-order valence-electron chi connectivity index (χ4n) is 6.29. The predicted molar refractivity (Wildman–Crippen MR) is 156 cm³/mol. The number of carbonyl (C=O) groups is 2. The van der Waals surface area contributed by atoms with E-state index >= 15 is 0 Å². The predicted octanol–water partition coefficient (Wildman–Crippen LogP) is -8.43. The molecule has 0 saturated carbocycles. The highest BCUT2D eigenvalue weighted by Gasteiger charge is 2.55. The third-order valence-electron chi connectivity index (χ3n) is 8.97. The second-order valence-electron chi connectivity index (χ2n) is 12.6. The van der Waals surface area contributed by atoms with E-state index in [0.717, 1.165) is 13.8 Å². The highest BCUT2D eigenvalue weighted by molar-refractivity contribution is 5.73. The van der Waals surface area contributed by atoms with E-state index in [-0.39, 0.29) is 0 Å². The van der Waals surface area contributed by atoms with Crippen molar-refractivity contribution in [2.45, 2.75) is 143 Å². The zero-order valence-electron chi connectivity index (χ0n) is 27.3. The van der Waals surface area contributed by atoms with Gasteiger partial charge in [0.05, 0.1) is 25.9 Å². The molecule has 0 aromatic carbocycles. The molecular formula is C28H48N2O20. The average Bonchev–Trinajstić information content (AvgIpc) is 3.06. The van der Waals surface area contributed by atoms with Crippen LogP contribution in [0.3, 0.4) is 0 Å². The van der Waals surface area contributed by atoms with Crippen LogP contribution in [0, 0.1) is 0 Å². The summed E-state index contributed by atoms with van der Waals surface area (Å²) in [6.45, 7) is 0.997. The molecule has 0 bridgehead atoms. The van der Waals surface area contributed by atoms with Gasteiger partial charge in [-0.3, -0.25) is 9.59 Å². The summed E-state index contributed by atoms with van der Waals surface area (Å²) in [5.74, 6) is -1.45. The number of hydrogen-bond donors (Lipinski definition) is 13. The first-order valence-electron chi connectivity index (χ1n) is 15.9. The normalized spacial score (nSPS) is 48.5. The standard InChI is InChI=1S/C28H48N2O20/c1-7-15(36)19(40)20(41)28(44-7)49-23-14(30-9(3)35)27(46-11(5-32)16(23)37)48-22-12(6-33)47-26(13(18(22)39)29-8(2)34)50-24-17(38)10(4-31)45-25(43)21(24)42/h7,10-28,31-33,36-43H,4-6H2,1-3H3,(H,29,34)(H,30,35)/t7-,10+,11+,12+,13+,14+,15+,16-,17-,18+,19+,20-,21+,22+,23+,24-,25?,26-,27-,28-/m0/s1. The van der Waals surface area contributed by atoms with Crippen molar-refractivity contribution in [2.24, 2.45) is 0 Å². The quantitative estimate of drug-likeness (QED) is 0.0938. The van der Waals surface area contributed by atoms with Crippen molar-refractivity contribution in [3.8, 4) is 0 Å². The zero-order chi connectivity index (χ0) is 37.2. The molecule has 50 heavy (non-hydrogen) atoms. The van der Waals surface area contributed by atoms with E-state index in [1.807, 2.05) is 0 Å². The molecule has 0 radical (unpaired) electrons. The first kappa shape index (κ1) is 41.0. The highest BCUT2D eigenvalue weighted by Crippen LogP contribution is 2.34. The number of aliphatic hydroxyl groups excluding tert-OH is 11. The van der Waals surface area contributed by atoms with Gasteiger partial charge < -0.3 is 100.0 Å². The van der Waals surface area contributed by atoms with Gasteiger partial charge in [0.25, 0.3) is 0 Å². The molecule has 4 aliphatic rings. The SMILES string of the molecule is CC(=O)N[C@H]1[C@H](O[C@H]2[C@@H](O)[C@@H](CO)OC(O)[C@@H]2O)O[C@H](CO)[C@@H](O[C@@H]2O[C@H](CO)[C@H](O)[C@H](O[C@@H]3O[C@@H](C)[C@@H](O)[C@@H](O)[C@@H]3O)[C@H]2NC(C)=O)[C@@H]1O. The molecule has 0 spiro atoms. The summed E-state index contributed by atoms with van der Waals surface area (Å²) in [6.07, 6.45) is -30.0. The lowest BCUT2D eigenvalue weighted by Gasteiger charge is -2.50. The van der Waals surface area contributed by atoms with Crippen LogP contribution in [0.1, 0.15) is 20.8 Å². The lowest BCUT2D eigenvalue weighted by Crippen LogP contribution is -2.71. The van der Waals surface area contributed by atoms with E-state index in [2.05, 4.69) is 10.6 Å². The Kier molecular flexibility index (Phi) is 14.2. The number of hydrogen-bond acceptors (Lipinski definition) is 20. The van der Waals surface area contributed by atoms with E-state index < -0.39 is 154 Å². The minimum atomic E-state index is -1.92. The van der Waals surface area contributed by atoms with Gasteiger partial charge in [-0.2, -0.15) is 0 Å². The van der Waals surface area contributed by atoms with Crippen LogP contribution >= 0.6 is 0 Å². The van der Waals surface area contributed by atoms with Gasteiger partial charge in [0, 0.05) is 13.8 Å². The average molecular weight is 733 g/mol. The summed E-state index contributed by atoms with van der Waals surface area (Å²) in [5.41, 5.74) is 0. The van der Waals surface area contributed by atoms with Gasteiger partial charge >= 0.3 is 0 Å². The highest BCUT2D eigenvalue weighted by atomic mass is 16.8. The molecule has 22 heteroatoms. The molecule has 4 aliphatic heterocycles. The Balaban J connectivity index is 1.62. The largest absolute Gasteiger partial charge is 0.394 e. The lowest BCUT2D eigenvalue weighted by molar-refractivity contribution is -0.367. The summed E-state index contributed by atoms with van der Waals surface area (Å²) in [5, 5.41) is 119. The van der Waals surface area contributed by atoms with E-state index in [1.165, 1.54) is 6.92 Å². The summed E-state index contributed by atoms with van der Waals surface area (Å²) >= 11 is 0. The first-order valence-corrected chi connectivity index (χ1v) is 15.9. The van der Waals surface area contributed by atoms with Crippen LogP contribution in [0.4, 0.5) is 0 Å². The van der Waals surface area contributed by atoms with Crippen molar-refractivity contribution in [3.63, 3.8) is 0 Å². The molecule has 4 rings (SSSR count). The van der Waals surface area contributed by atoms with Crippen molar-refractivity contribution in [2.75, 3.05) is 19.8 Å². The van der Waals surface area contributed by atoms with Crippen LogP contribution in [0.15, 0.2) is 0 Å². The molecule has 20 atom stereocenters. The number of rotatable bonds is 11. The third kappa shape index (κ3) is 8.70. The van der Waals surface area contributed by atoms with Gasteiger partial charge in [-0.25, -0.2) is 0 Å². The van der Waals surface area contributed by atoms with Gasteiger partial charge in [-0.05, 0) is 6.92 Å². The number of nitrogens with one attached hydrogen (secondary N) is 2. The van der Waals surface area contributed by atoms with Crippen LogP contribution < -0.4 is 10.6 Å². The molecule has 290 valence electrons. The Bertz CT molecular complexity index is 1130. The van der Waals surface area contributed by atoms with Gasteiger partial charge in [-0.15, -0.1) is 0 Å². The number of ether oxygens (including phenoxy) is 7. The van der Waals surface area contributed by atoms with Crippen LogP contribution in [0.2, 0.25) is 0 Å². The maximum Gasteiger partial charge on any atom is 0.217 e. The van der Waals surface area contributed by atoms with Crippen LogP contribution in [-0.2, 0) is 42.7 Å². The third-order valence-corrected chi connectivity index (χ3v) is 8.97. The molecular weight excluding hydrogens is 684 g/mol. The zero-order valence-corrected chi connectivity index (χ0v) is 27.3. The Hall–Kier alpha value is -1.78. The van der Waals surface area contributed by atoms with E-state index in [0.29, 0.717) is 0 Å². The monoisotopic (exact) mass is 732 g/mol. The number of aliphatic hydroxyl groups is 11. The number of carbonyl (C=O) groups excluding carboxylic acids is 2. The lowest BCUT2D eigenvalue weighted by atomic mass is 9.93. The summed E-state index contributed by atoms with van der Waals surface area (Å²) in [6, 6.07) is -3.11. The summed E-state index contributed by atoms with van der Waals surface area (Å²) < 4.78 is 39.5. The maximum atomic E-state index is 12.3. The molecule has 1 unspecified atom stereocenters. The van der Waals surface area contributed by atoms with Gasteiger partial charge in [0.15, 0.2) is 25.2 Å². The fourth-order valence-corrected chi connectivity index (χ4v) is 6.29. The maximum absolute atomic E-state index is 12.3. The van der Waals surface area contributed by atoms with Crippen LogP contribution in [0.25, 0.3) is 0 Å². The molecule has 4 saturated heterocycles. The topological polar surface area (TPSA) is 345 Å². The van der Waals surface area contributed by atoms with Crippen molar-refractivity contribution < 1.29 is 98.9 Å². The number of amides is 2. The Morgan fingerprint density at radius 2 is 1.00 bits per heavy atom. The second kappa shape index (κ2) is 17.4. The molecule has 2 amide bonds. The molecule has 13 N–H and O–H groups in total. The Morgan fingerprint density at radius 3 is 1.58 bits per heavy atom. The molecule has 4 fully saturated rings. The Morgan fingerprint density at radius 1 is 0.520 bits per heavy atom. The minimum absolute atomic E-state index is 0.718. The fraction of sp³-hybridized carbons (Fsp3) is 0.929. The van der Waals surface area contributed by atoms with E-state index in [4.69, 9.17) is 33.2 Å². The van der Waals surface area contributed by atoms with Crippen LogP contribution in [-0.4, -0.2) is 211 Å². The van der Waals surface area contributed by atoms with Gasteiger partial charge in [0.1, 0.15) is 91.4 Å². The molecule has 0 aromatic heterocycles. The molecule has 4 heterocycles. The summed E-state index contributed by atoms with van der Waals surface area (Å²) in [7, 11) is 0. The first-order chi connectivity index (χ1) is 23.5. The Labute approximate surface area is 285 Å². The van der Waals surface area contributed by atoms with E-state index in [1.54, 1.807) is 0 Å². The van der Waals surface area contributed by atoms with Crippen molar-refractivity contribution >= 4 is 11.8 Å². The van der Waals surface area contributed by atoms with Crippen LogP contribution in [0.5, 0.6) is 0 Å². The minimum Gasteiger partial charge on any atom is -0.394 e. The smallest absolute Gasteiger partial charge is 0.217 e. The van der Waals surface area contributed by atoms with Gasteiger partial charge in [0.2, 0.25) is 11.8 Å². The molecule has 0 aromatic rings. The van der Waals surface area contributed by atoms with Crippen molar-refractivity contribution in [1.29, 1.82) is 0 Å². The molecule has 22 nitrogen and oxygen atoms in total.